The number of halogens is 1. The van der Waals surface area contributed by atoms with Crippen molar-refractivity contribution in [1.29, 1.82) is 0 Å². The summed E-state index contributed by atoms with van der Waals surface area (Å²) < 4.78 is 5.06. The summed E-state index contributed by atoms with van der Waals surface area (Å²) in [6.45, 7) is 0.911. The predicted molar refractivity (Wildman–Crippen MR) is 85.1 cm³/mol. The molecule has 0 aliphatic carbocycles. The van der Waals surface area contributed by atoms with Gasteiger partial charge in [0.25, 0.3) is 5.91 Å². The van der Waals surface area contributed by atoms with Gasteiger partial charge in [-0.25, -0.2) is 9.78 Å². The van der Waals surface area contributed by atoms with Crippen LogP contribution in [0.5, 0.6) is 0 Å². The summed E-state index contributed by atoms with van der Waals surface area (Å²) in [7, 11) is 0. The highest BCUT2D eigenvalue weighted by Crippen LogP contribution is 2.18. The normalized spacial score (nSPS) is 13.3. The topological polar surface area (TPSA) is 59.5 Å². The number of carbonyl (C=O) groups is 2. The molecular weight excluding hydrogens is 316 g/mol. The highest BCUT2D eigenvalue weighted by atomic mass is 35.5. The largest absolute Gasteiger partial charge is 0.452 e. The summed E-state index contributed by atoms with van der Waals surface area (Å²) in [6.07, 6.45) is 2.14. The number of nitrogens with zero attached hydrogens (tertiary/aromatic N) is 2. The third-order valence-corrected chi connectivity index (χ3v) is 4.00. The number of esters is 1. The molecule has 3 rings (SSSR count). The van der Waals surface area contributed by atoms with Crippen molar-refractivity contribution in [2.24, 2.45) is 0 Å². The smallest absolute Gasteiger partial charge is 0.340 e. The SMILES string of the molecule is O=C(OCC(=O)N1CCc2ccccc2C1)c1ccc(Cl)nc1. The molecule has 1 aliphatic rings. The van der Waals surface area contributed by atoms with Gasteiger partial charge in [-0.2, -0.15) is 0 Å². The third-order valence-electron chi connectivity index (χ3n) is 3.77. The molecule has 0 unspecified atom stereocenters. The van der Waals surface area contributed by atoms with Crippen molar-refractivity contribution in [3.05, 3.63) is 64.4 Å². The Bertz CT molecular complexity index is 731. The van der Waals surface area contributed by atoms with Gasteiger partial charge in [0, 0.05) is 19.3 Å². The van der Waals surface area contributed by atoms with Gasteiger partial charge in [0.1, 0.15) is 5.15 Å². The van der Waals surface area contributed by atoms with Gasteiger partial charge in [0.2, 0.25) is 0 Å². The fourth-order valence-electron chi connectivity index (χ4n) is 2.51. The summed E-state index contributed by atoms with van der Waals surface area (Å²) in [5, 5.41) is 0.296. The molecule has 1 aromatic heterocycles. The highest BCUT2D eigenvalue weighted by molar-refractivity contribution is 6.29. The van der Waals surface area contributed by atoms with E-state index in [1.165, 1.54) is 23.9 Å². The summed E-state index contributed by atoms with van der Waals surface area (Å²) in [6, 6.07) is 11.1. The number of hydrogen-bond acceptors (Lipinski definition) is 4. The van der Waals surface area contributed by atoms with Crippen LogP contribution in [0.2, 0.25) is 5.15 Å². The van der Waals surface area contributed by atoms with Crippen LogP contribution in [0.3, 0.4) is 0 Å². The van der Waals surface area contributed by atoms with Crippen molar-refractivity contribution in [3.63, 3.8) is 0 Å². The molecule has 0 saturated heterocycles. The van der Waals surface area contributed by atoms with Crippen molar-refractivity contribution in [2.75, 3.05) is 13.2 Å². The second-order valence-electron chi connectivity index (χ2n) is 5.28. The van der Waals surface area contributed by atoms with E-state index in [1.807, 2.05) is 18.2 Å². The molecule has 2 heterocycles. The number of fused-ring (bicyclic) bond motifs is 1. The summed E-state index contributed by atoms with van der Waals surface area (Å²) in [5.41, 5.74) is 2.67. The molecule has 1 aromatic carbocycles. The number of carbonyl (C=O) groups excluding carboxylic acids is 2. The molecule has 0 bridgehead atoms. The second-order valence-corrected chi connectivity index (χ2v) is 5.67. The van der Waals surface area contributed by atoms with Gasteiger partial charge in [0.05, 0.1) is 5.56 Å². The van der Waals surface area contributed by atoms with Gasteiger partial charge >= 0.3 is 5.97 Å². The van der Waals surface area contributed by atoms with Crippen LogP contribution in [0.1, 0.15) is 21.5 Å². The van der Waals surface area contributed by atoms with Crippen LogP contribution in [0.15, 0.2) is 42.6 Å². The lowest BCUT2D eigenvalue weighted by atomic mass is 10.00. The van der Waals surface area contributed by atoms with Crippen LogP contribution in [0.25, 0.3) is 0 Å². The maximum absolute atomic E-state index is 12.2. The van der Waals surface area contributed by atoms with Gasteiger partial charge in [-0.3, -0.25) is 4.79 Å². The van der Waals surface area contributed by atoms with E-state index in [0.717, 1.165) is 12.0 Å². The van der Waals surface area contributed by atoms with Crippen molar-refractivity contribution < 1.29 is 14.3 Å². The average molecular weight is 331 g/mol. The standard InChI is InChI=1S/C17H15ClN2O3/c18-15-6-5-13(9-19-15)17(22)23-11-16(21)20-8-7-12-3-1-2-4-14(12)10-20/h1-6,9H,7-8,10-11H2. The zero-order chi connectivity index (χ0) is 16.2. The molecule has 0 atom stereocenters. The van der Waals surface area contributed by atoms with E-state index in [9.17, 15) is 9.59 Å². The monoisotopic (exact) mass is 330 g/mol. The van der Waals surface area contributed by atoms with Crippen LogP contribution in [0.4, 0.5) is 0 Å². The van der Waals surface area contributed by atoms with Crippen LogP contribution in [-0.2, 0) is 22.5 Å². The third kappa shape index (κ3) is 3.68. The number of rotatable bonds is 3. The molecule has 1 amide bonds. The summed E-state index contributed by atoms with van der Waals surface area (Å²) in [4.78, 5) is 29.6. The fourth-order valence-corrected chi connectivity index (χ4v) is 2.62. The predicted octanol–water partition coefficient (Wildman–Crippen LogP) is 2.48. The maximum atomic E-state index is 12.2. The first kappa shape index (κ1) is 15.5. The molecule has 118 valence electrons. The zero-order valence-electron chi connectivity index (χ0n) is 12.4. The van der Waals surface area contributed by atoms with Gasteiger partial charge in [-0.1, -0.05) is 35.9 Å². The molecular formula is C17H15ClN2O3. The van der Waals surface area contributed by atoms with Crippen molar-refractivity contribution in [2.45, 2.75) is 13.0 Å². The minimum Gasteiger partial charge on any atom is -0.452 e. The molecule has 1 aliphatic heterocycles. The Morgan fingerprint density at radius 3 is 2.70 bits per heavy atom. The van der Waals surface area contributed by atoms with E-state index in [1.54, 1.807) is 4.90 Å². The molecule has 6 heteroatoms. The number of hydrogen-bond donors (Lipinski definition) is 0. The molecule has 0 spiro atoms. The van der Waals surface area contributed by atoms with Crippen LogP contribution in [-0.4, -0.2) is 34.9 Å². The first-order valence-electron chi connectivity index (χ1n) is 7.27. The lowest BCUT2D eigenvalue weighted by Crippen LogP contribution is -2.38. The number of pyridine rings is 1. The number of ether oxygens (including phenoxy) is 1. The molecule has 5 nitrogen and oxygen atoms in total. The summed E-state index contributed by atoms with van der Waals surface area (Å²) >= 11 is 5.66. The van der Waals surface area contributed by atoms with Gasteiger partial charge in [0.15, 0.2) is 6.61 Å². The van der Waals surface area contributed by atoms with E-state index >= 15 is 0 Å². The Labute approximate surface area is 138 Å². The molecule has 2 aromatic rings. The van der Waals surface area contributed by atoms with Crippen molar-refractivity contribution in [1.82, 2.24) is 9.88 Å². The molecule has 0 saturated carbocycles. The van der Waals surface area contributed by atoms with Crippen LogP contribution >= 0.6 is 11.6 Å². The lowest BCUT2D eigenvalue weighted by molar-refractivity contribution is -0.135. The molecule has 0 radical (unpaired) electrons. The van der Waals surface area contributed by atoms with E-state index < -0.39 is 5.97 Å². The first-order chi connectivity index (χ1) is 11.1. The van der Waals surface area contributed by atoms with Gasteiger partial charge < -0.3 is 9.64 Å². The second kappa shape index (κ2) is 6.79. The first-order valence-corrected chi connectivity index (χ1v) is 7.64. The Kier molecular flexibility index (Phi) is 4.57. The van der Waals surface area contributed by atoms with Gasteiger partial charge in [-0.15, -0.1) is 0 Å². The Morgan fingerprint density at radius 1 is 1.17 bits per heavy atom. The molecule has 0 N–H and O–H groups in total. The minimum absolute atomic E-state index is 0.199. The number of aromatic nitrogens is 1. The van der Waals surface area contributed by atoms with E-state index in [-0.39, 0.29) is 18.1 Å². The number of benzene rings is 1. The minimum atomic E-state index is -0.583. The molecule has 0 fully saturated rings. The van der Waals surface area contributed by atoms with E-state index in [4.69, 9.17) is 16.3 Å². The Hall–Kier alpha value is -2.40. The zero-order valence-corrected chi connectivity index (χ0v) is 13.1. The van der Waals surface area contributed by atoms with Crippen LogP contribution < -0.4 is 0 Å². The molecule has 23 heavy (non-hydrogen) atoms. The Morgan fingerprint density at radius 2 is 1.96 bits per heavy atom. The highest BCUT2D eigenvalue weighted by Gasteiger charge is 2.21. The summed E-state index contributed by atoms with van der Waals surface area (Å²) in [5.74, 6) is -0.783. The van der Waals surface area contributed by atoms with E-state index in [0.29, 0.717) is 18.2 Å². The quantitative estimate of drug-likeness (QED) is 0.641. The van der Waals surface area contributed by atoms with Crippen molar-refractivity contribution in [3.8, 4) is 0 Å². The average Bonchev–Trinajstić information content (AvgIpc) is 2.59. The lowest BCUT2D eigenvalue weighted by Gasteiger charge is -2.28. The fraction of sp³-hybridized carbons (Fsp3) is 0.235. The van der Waals surface area contributed by atoms with E-state index in [2.05, 4.69) is 11.1 Å². The van der Waals surface area contributed by atoms with Crippen LogP contribution in [0, 0.1) is 0 Å². The number of amides is 1. The van der Waals surface area contributed by atoms with Gasteiger partial charge in [-0.05, 0) is 29.7 Å². The maximum Gasteiger partial charge on any atom is 0.340 e. The Balaban J connectivity index is 1.56. The van der Waals surface area contributed by atoms with Crippen molar-refractivity contribution >= 4 is 23.5 Å².